The summed E-state index contributed by atoms with van der Waals surface area (Å²) in [5, 5.41) is 3.01. The molecule has 0 radical (unpaired) electrons. The summed E-state index contributed by atoms with van der Waals surface area (Å²) in [6.45, 7) is 8.47. The summed E-state index contributed by atoms with van der Waals surface area (Å²) in [6, 6.07) is 12.1. The van der Waals surface area contributed by atoms with E-state index < -0.39 is 5.82 Å². The van der Waals surface area contributed by atoms with Gasteiger partial charge in [0.1, 0.15) is 5.82 Å². The number of hydrogen-bond donors (Lipinski definition) is 1. The Labute approximate surface area is 164 Å². The van der Waals surface area contributed by atoms with E-state index >= 15 is 0 Å². The second-order valence-electron chi connectivity index (χ2n) is 7.03. The number of rotatable bonds is 5. The van der Waals surface area contributed by atoms with Crippen molar-refractivity contribution < 1.29 is 9.18 Å². The average molecular weight is 390 g/mol. The number of piperazine rings is 1. The molecule has 1 amide bonds. The van der Waals surface area contributed by atoms with Gasteiger partial charge in [0.15, 0.2) is 0 Å². The van der Waals surface area contributed by atoms with Crippen molar-refractivity contribution in [3.8, 4) is 0 Å². The van der Waals surface area contributed by atoms with E-state index in [9.17, 15) is 9.18 Å². The zero-order valence-electron chi connectivity index (χ0n) is 15.7. The lowest BCUT2D eigenvalue weighted by molar-refractivity contribution is -0.121. The molecule has 27 heavy (non-hydrogen) atoms. The maximum Gasteiger partial charge on any atom is 0.241 e. The Morgan fingerprint density at radius 3 is 2.56 bits per heavy atom. The van der Waals surface area contributed by atoms with E-state index in [0.29, 0.717) is 5.69 Å². The molecule has 0 unspecified atom stereocenters. The zero-order chi connectivity index (χ0) is 19.4. The molecule has 4 nitrogen and oxygen atoms in total. The number of aryl methyl sites for hydroxylation is 1. The molecular weight excluding hydrogens is 365 g/mol. The summed E-state index contributed by atoms with van der Waals surface area (Å²) >= 11 is 6.00. The predicted octanol–water partition coefficient (Wildman–Crippen LogP) is 3.93. The van der Waals surface area contributed by atoms with Crippen LogP contribution in [0, 0.1) is 12.7 Å². The van der Waals surface area contributed by atoms with Gasteiger partial charge in [-0.25, -0.2) is 4.39 Å². The van der Waals surface area contributed by atoms with Crippen LogP contribution in [0.5, 0.6) is 0 Å². The third-order valence-corrected chi connectivity index (χ3v) is 5.49. The molecule has 1 atom stereocenters. The van der Waals surface area contributed by atoms with Crippen molar-refractivity contribution in [2.24, 2.45) is 0 Å². The highest BCUT2D eigenvalue weighted by molar-refractivity contribution is 6.33. The van der Waals surface area contributed by atoms with Crippen LogP contribution >= 0.6 is 11.6 Å². The molecule has 1 aliphatic heterocycles. The van der Waals surface area contributed by atoms with Crippen LogP contribution in [-0.2, 0) is 11.3 Å². The molecule has 2 aromatic carbocycles. The van der Waals surface area contributed by atoms with Crippen LogP contribution in [0.1, 0.15) is 18.1 Å². The van der Waals surface area contributed by atoms with Crippen LogP contribution in [0.3, 0.4) is 0 Å². The summed E-state index contributed by atoms with van der Waals surface area (Å²) in [6.07, 6.45) is 0. The van der Waals surface area contributed by atoms with Gasteiger partial charge in [0.2, 0.25) is 5.91 Å². The minimum absolute atomic E-state index is 0.129. The second kappa shape index (κ2) is 8.83. The predicted molar refractivity (Wildman–Crippen MR) is 108 cm³/mol. The third-order valence-electron chi connectivity index (χ3n) is 5.18. The fraction of sp³-hybridized carbons (Fsp3) is 0.381. The minimum Gasteiger partial charge on any atom is -0.323 e. The van der Waals surface area contributed by atoms with Gasteiger partial charge in [-0.05, 0) is 43.2 Å². The van der Waals surface area contributed by atoms with Gasteiger partial charge in [-0.15, -0.1) is 0 Å². The standard InChI is InChI=1S/C21H25ClFN3O/c1-15-5-3-4-6-17(15)14-25-9-11-26(12-10-25)16(2)21(27)24-20-8-7-18(23)13-19(20)22/h3-8,13,16H,9-12,14H2,1-2H3,(H,24,27)/t16-/m1/s1. The second-order valence-corrected chi connectivity index (χ2v) is 7.44. The number of amides is 1. The van der Waals surface area contributed by atoms with Gasteiger partial charge in [-0.3, -0.25) is 14.6 Å². The Morgan fingerprint density at radius 1 is 1.19 bits per heavy atom. The summed E-state index contributed by atoms with van der Waals surface area (Å²) in [5.74, 6) is -0.549. The van der Waals surface area contributed by atoms with Crippen LogP contribution in [0.25, 0.3) is 0 Å². The Kier molecular flexibility index (Phi) is 6.47. The number of carbonyl (C=O) groups is 1. The highest BCUT2D eigenvalue weighted by Gasteiger charge is 2.26. The molecule has 0 aromatic heterocycles. The van der Waals surface area contributed by atoms with Crippen molar-refractivity contribution in [3.05, 3.63) is 64.4 Å². The molecule has 1 fully saturated rings. The Morgan fingerprint density at radius 2 is 1.89 bits per heavy atom. The Balaban J connectivity index is 1.52. The first-order chi connectivity index (χ1) is 12.9. The first-order valence-corrected chi connectivity index (χ1v) is 9.58. The van der Waals surface area contributed by atoms with E-state index in [0.717, 1.165) is 32.7 Å². The van der Waals surface area contributed by atoms with Crippen molar-refractivity contribution >= 4 is 23.2 Å². The van der Waals surface area contributed by atoms with E-state index in [2.05, 4.69) is 46.3 Å². The molecule has 0 spiro atoms. The number of hydrogen-bond acceptors (Lipinski definition) is 3. The lowest BCUT2D eigenvalue weighted by Gasteiger charge is -2.37. The quantitative estimate of drug-likeness (QED) is 0.841. The molecule has 1 heterocycles. The van der Waals surface area contributed by atoms with E-state index in [-0.39, 0.29) is 17.0 Å². The number of nitrogens with one attached hydrogen (secondary N) is 1. The first-order valence-electron chi connectivity index (χ1n) is 9.21. The summed E-state index contributed by atoms with van der Waals surface area (Å²) in [7, 11) is 0. The number of halogens is 2. The lowest BCUT2D eigenvalue weighted by atomic mass is 10.1. The molecule has 3 rings (SSSR count). The first kappa shape index (κ1) is 19.8. The van der Waals surface area contributed by atoms with Crippen LogP contribution in [0.15, 0.2) is 42.5 Å². The van der Waals surface area contributed by atoms with Crippen molar-refractivity contribution in [2.45, 2.75) is 26.4 Å². The van der Waals surface area contributed by atoms with Gasteiger partial charge in [-0.2, -0.15) is 0 Å². The van der Waals surface area contributed by atoms with Gasteiger partial charge in [-0.1, -0.05) is 35.9 Å². The van der Waals surface area contributed by atoms with E-state index in [1.54, 1.807) is 0 Å². The molecule has 0 aliphatic carbocycles. The fourth-order valence-corrected chi connectivity index (χ4v) is 3.55. The number of carbonyl (C=O) groups excluding carboxylic acids is 1. The topological polar surface area (TPSA) is 35.6 Å². The van der Waals surface area contributed by atoms with Gasteiger partial charge >= 0.3 is 0 Å². The third kappa shape index (κ3) is 5.06. The van der Waals surface area contributed by atoms with E-state index in [1.807, 2.05) is 6.92 Å². The van der Waals surface area contributed by atoms with Crippen molar-refractivity contribution in [2.75, 3.05) is 31.5 Å². The molecular formula is C21H25ClFN3O. The monoisotopic (exact) mass is 389 g/mol. The molecule has 0 saturated carbocycles. The van der Waals surface area contributed by atoms with Gasteiger partial charge in [0, 0.05) is 32.7 Å². The summed E-state index contributed by atoms with van der Waals surface area (Å²) < 4.78 is 13.1. The smallest absolute Gasteiger partial charge is 0.241 e. The Bertz CT molecular complexity index is 806. The number of benzene rings is 2. The van der Waals surface area contributed by atoms with Gasteiger partial charge < -0.3 is 5.32 Å². The largest absolute Gasteiger partial charge is 0.323 e. The van der Waals surface area contributed by atoms with E-state index in [1.165, 1.54) is 29.3 Å². The molecule has 2 aromatic rings. The van der Waals surface area contributed by atoms with Gasteiger partial charge in [0.25, 0.3) is 0 Å². The Hall–Kier alpha value is -1.95. The normalized spacial score (nSPS) is 16.9. The van der Waals surface area contributed by atoms with Crippen LogP contribution in [0.2, 0.25) is 5.02 Å². The number of anilines is 1. The molecule has 1 N–H and O–H groups in total. The van der Waals surface area contributed by atoms with Crippen molar-refractivity contribution in [1.82, 2.24) is 9.80 Å². The fourth-order valence-electron chi connectivity index (χ4n) is 3.33. The average Bonchev–Trinajstić information content (AvgIpc) is 2.66. The lowest BCUT2D eigenvalue weighted by Crippen LogP contribution is -2.52. The molecule has 144 valence electrons. The number of nitrogens with zero attached hydrogens (tertiary/aromatic N) is 2. The maximum atomic E-state index is 13.1. The highest BCUT2D eigenvalue weighted by atomic mass is 35.5. The van der Waals surface area contributed by atoms with Crippen molar-refractivity contribution in [1.29, 1.82) is 0 Å². The molecule has 0 bridgehead atoms. The van der Waals surface area contributed by atoms with Crippen molar-refractivity contribution in [3.63, 3.8) is 0 Å². The zero-order valence-corrected chi connectivity index (χ0v) is 16.5. The molecule has 1 aliphatic rings. The summed E-state index contributed by atoms with van der Waals surface area (Å²) in [4.78, 5) is 17.1. The minimum atomic E-state index is -0.421. The SMILES string of the molecule is Cc1ccccc1CN1CCN([C@H](C)C(=O)Nc2ccc(F)cc2Cl)CC1. The van der Waals surface area contributed by atoms with Crippen LogP contribution < -0.4 is 5.32 Å². The molecule has 6 heteroatoms. The molecule has 1 saturated heterocycles. The summed E-state index contributed by atoms with van der Waals surface area (Å²) in [5.41, 5.74) is 3.10. The van der Waals surface area contributed by atoms with Crippen LogP contribution in [0.4, 0.5) is 10.1 Å². The highest BCUT2D eigenvalue weighted by Crippen LogP contribution is 2.23. The van der Waals surface area contributed by atoms with Gasteiger partial charge in [0.05, 0.1) is 16.8 Å². The van der Waals surface area contributed by atoms with Crippen LogP contribution in [-0.4, -0.2) is 47.9 Å². The maximum absolute atomic E-state index is 13.1. The van der Waals surface area contributed by atoms with E-state index in [4.69, 9.17) is 11.6 Å².